The monoisotopic (exact) mass is 222 g/mol. The van der Waals surface area contributed by atoms with Gasteiger partial charge in [0.2, 0.25) is 0 Å². The fourth-order valence-corrected chi connectivity index (χ4v) is 1.74. The first-order valence-corrected chi connectivity index (χ1v) is 4.89. The molecule has 0 radical (unpaired) electrons. The molecular weight excluding hydrogens is 212 g/mol. The molecule has 0 saturated carbocycles. The molecule has 2 rings (SSSR count). The van der Waals surface area contributed by atoms with Gasteiger partial charge in [-0.15, -0.1) is 0 Å². The lowest BCUT2D eigenvalue weighted by Gasteiger charge is -2.08. The smallest absolute Gasteiger partial charge is 0.119 e. The van der Waals surface area contributed by atoms with Crippen LogP contribution in [0.5, 0.6) is 5.75 Å². The van der Waals surface area contributed by atoms with Crippen molar-refractivity contribution in [2.24, 2.45) is 0 Å². The van der Waals surface area contributed by atoms with Crippen LogP contribution in [0.2, 0.25) is 5.02 Å². The van der Waals surface area contributed by atoms with Gasteiger partial charge in [0.15, 0.2) is 0 Å². The quantitative estimate of drug-likeness (QED) is 0.807. The van der Waals surface area contributed by atoms with Crippen LogP contribution in [0.4, 0.5) is 5.69 Å². The molecule has 0 bridgehead atoms. The number of aryl methyl sites for hydroxylation is 1. The minimum Gasteiger partial charge on any atom is -0.497 e. The van der Waals surface area contributed by atoms with Crippen molar-refractivity contribution in [2.75, 3.05) is 12.8 Å². The topological polar surface area (TPSA) is 48.1 Å². The summed E-state index contributed by atoms with van der Waals surface area (Å²) in [6, 6.07) is 3.76. The summed E-state index contributed by atoms with van der Waals surface area (Å²) in [5.74, 6) is 0.759. The van der Waals surface area contributed by atoms with Crippen molar-refractivity contribution in [3.05, 3.63) is 28.9 Å². The van der Waals surface area contributed by atoms with E-state index in [9.17, 15) is 0 Å². The van der Waals surface area contributed by atoms with Crippen molar-refractivity contribution < 1.29 is 4.74 Å². The molecule has 0 spiro atoms. The van der Waals surface area contributed by atoms with Crippen LogP contribution in [-0.2, 0) is 0 Å². The third-order valence-electron chi connectivity index (χ3n) is 2.33. The molecule has 1 heterocycles. The van der Waals surface area contributed by atoms with Crippen LogP contribution in [-0.4, -0.2) is 12.1 Å². The number of halogens is 1. The Balaban J connectivity index is 2.86. The second-order valence-corrected chi connectivity index (χ2v) is 3.75. The number of nitrogens with zero attached hydrogens (tertiary/aromatic N) is 1. The Bertz CT molecular complexity index is 525. The first kappa shape index (κ1) is 10.1. The predicted molar refractivity (Wildman–Crippen MR) is 62.5 cm³/mol. The molecule has 3 nitrogen and oxygen atoms in total. The molecule has 78 valence electrons. The number of anilines is 1. The van der Waals surface area contributed by atoms with E-state index in [4.69, 9.17) is 22.1 Å². The molecule has 0 saturated heterocycles. The number of nitrogens with two attached hydrogens (primary N) is 1. The summed E-state index contributed by atoms with van der Waals surface area (Å²) in [4.78, 5) is 4.25. The van der Waals surface area contributed by atoms with E-state index in [2.05, 4.69) is 4.98 Å². The third-order valence-corrected chi connectivity index (χ3v) is 2.75. The molecule has 4 heteroatoms. The van der Waals surface area contributed by atoms with Crippen LogP contribution in [0.1, 0.15) is 5.56 Å². The van der Waals surface area contributed by atoms with Gasteiger partial charge in [0.05, 0.1) is 29.5 Å². The van der Waals surface area contributed by atoms with Crippen LogP contribution in [0.25, 0.3) is 10.9 Å². The summed E-state index contributed by atoms with van der Waals surface area (Å²) in [5, 5.41) is 1.36. The van der Waals surface area contributed by atoms with Gasteiger partial charge in [0, 0.05) is 5.39 Å². The maximum Gasteiger partial charge on any atom is 0.119 e. The van der Waals surface area contributed by atoms with Crippen molar-refractivity contribution in [3.8, 4) is 5.75 Å². The average Bonchev–Trinajstić information content (AvgIpc) is 2.23. The van der Waals surface area contributed by atoms with E-state index in [1.165, 1.54) is 0 Å². The molecule has 0 aliphatic heterocycles. The van der Waals surface area contributed by atoms with Gasteiger partial charge in [0.25, 0.3) is 0 Å². The summed E-state index contributed by atoms with van der Waals surface area (Å²) in [6.45, 7) is 1.96. The summed E-state index contributed by atoms with van der Waals surface area (Å²) in [7, 11) is 1.62. The lowest BCUT2D eigenvalue weighted by Crippen LogP contribution is -1.93. The first-order chi connectivity index (χ1) is 7.13. The van der Waals surface area contributed by atoms with Gasteiger partial charge >= 0.3 is 0 Å². The molecule has 0 atom stereocenters. The zero-order valence-electron chi connectivity index (χ0n) is 8.54. The normalized spacial score (nSPS) is 10.6. The van der Waals surface area contributed by atoms with Crippen molar-refractivity contribution >= 4 is 28.2 Å². The Morgan fingerprint density at radius 2 is 2.13 bits per heavy atom. The Hall–Kier alpha value is -1.48. The van der Waals surface area contributed by atoms with Crippen LogP contribution < -0.4 is 10.5 Å². The fraction of sp³-hybridized carbons (Fsp3) is 0.182. The van der Waals surface area contributed by atoms with Crippen molar-refractivity contribution in [1.82, 2.24) is 4.98 Å². The maximum atomic E-state index is 6.11. The van der Waals surface area contributed by atoms with Crippen molar-refractivity contribution in [2.45, 2.75) is 6.92 Å². The highest BCUT2D eigenvalue weighted by atomic mass is 35.5. The summed E-state index contributed by atoms with van der Waals surface area (Å²) in [6.07, 6.45) is 1.57. The number of rotatable bonds is 1. The highest BCUT2D eigenvalue weighted by Crippen LogP contribution is 2.32. The molecule has 0 fully saturated rings. The van der Waals surface area contributed by atoms with Crippen molar-refractivity contribution in [1.29, 1.82) is 0 Å². The number of aromatic nitrogens is 1. The summed E-state index contributed by atoms with van der Waals surface area (Å²) in [5.41, 5.74) is 8.05. The van der Waals surface area contributed by atoms with E-state index in [-0.39, 0.29) is 0 Å². The molecule has 0 unspecified atom stereocenters. The Morgan fingerprint density at radius 3 is 2.80 bits per heavy atom. The molecule has 1 aromatic carbocycles. The number of nitrogen functional groups attached to an aromatic ring is 1. The van der Waals surface area contributed by atoms with Gasteiger partial charge in [-0.1, -0.05) is 11.6 Å². The number of ether oxygens (including phenoxy) is 1. The lowest BCUT2D eigenvalue weighted by molar-refractivity contribution is 0.415. The zero-order valence-corrected chi connectivity index (χ0v) is 9.30. The first-order valence-electron chi connectivity index (χ1n) is 4.52. The van der Waals surface area contributed by atoms with Crippen LogP contribution in [0.3, 0.4) is 0 Å². The van der Waals surface area contributed by atoms with E-state index in [1.807, 2.05) is 19.1 Å². The molecule has 1 aromatic heterocycles. The van der Waals surface area contributed by atoms with E-state index < -0.39 is 0 Å². The SMILES string of the molecule is COc1cc(C)c2ncc(N)c(Cl)c2c1. The van der Waals surface area contributed by atoms with E-state index in [0.29, 0.717) is 10.7 Å². The fourth-order valence-electron chi connectivity index (χ4n) is 1.55. The van der Waals surface area contributed by atoms with Gasteiger partial charge in [-0.3, -0.25) is 4.98 Å². The van der Waals surface area contributed by atoms with Gasteiger partial charge in [-0.2, -0.15) is 0 Å². The van der Waals surface area contributed by atoms with E-state index in [1.54, 1.807) is 13.3 Å². The molecule has 0 amide bonds. The van der Waals surface area contributed by atoms with Crippen LogP contribution >= 0.6 is 11.6 Å². The summed E-state index contributed by atoms with van der Waals surface area (Å²) < 4.78 is 5.17. The second kappa shape index (κ2) is 3.59. The number of fused-ring (bicyclic) bond motifs is 1. The van der Waals surface area contributed by atoms with Gasteiger partial charge in [-0.05, 0) is 24.6 Å². The van der Waals surface area contributed by atoms with E-state index in [0.717, 1.165) is 22.2 Å². The number of pyridine rings is 1. The zero-order chi connectivity index (χ0) is 11.0. The van der Waals surface area contributed by atoms with Gasteiger partial charge in [0.1, 0.15) is 5.75 Å². The lowest BCUT2D eigenvalue weighted by atomic mass is 10.1. The van der Waals surface area contributed by atoms with Gasteiger partial charge < -0.3 is 10.5 Å². The second-order valence-electron chi connectivity index (χ2n) is 3.37. The summed E-state index contributed by atoms with van der Waals surface area (Å²) >= 11 is 6.11. The Kier molecular flexibility index (Phi) is 2.40. The van der Waals surface area contributed by atoms with E-state index >= 15 is 0 Å². The highest BCUT2D eigenvalue weighted by molar-refractivity contribution is 6.37. The molecule has 0 aliphatic carbocycles. The number of hydrogen-bond acceptors (Lipinski definition) is 3. The number of hydrogen-bond donors (Lipinski definition) is 1. The maximum absolute atomic E-state index is 6.11. The molecule has 2 aromatic rings. The Labute approximate surface area is 92.8 Å². The largest absolute Gasteiger partial charge is 0.497 e. The standard InChI is InChI=1S/C11H11ClN2O/c1-6-3-7(15-2)4-8-10(12)9(13)5-14-11(6)8/h3-5H,13H2,1-2H3. The van der Waals surface area contributed by atoms with Crippen molar-refractivity contribution in [3.63, 3.8) is 0 Å². The molecule has 2 N–H and O–H groups in total. The van der Waals surface area contributed by atoms with Crippen LogP contribution in [0.15, 0.2) is 18.3 Å². The molecule has 0 aliphatic rings. The minimum atomic E-state index is 0.483. The molecule has 15 heavy (non-hydrogen) atoms. The number of benzene rings is 1. The van der Waals surface area contributed by atoms with Crippen LogP contribution in [0, 0.1) is 6.92 Å². The molecular formula is C11H11ClN2O. The highest BCUT2D eigenvalue weighted by Gasteiger charge is 2.08. The predicted octanol–water partition coefficient (Wildman–Crippen LogP) is 2.79. The Morgan fingerprint density at radius 1 is 1.40 bits per heavy atom. The third kappa shape index (κ3) is 1.59. The van der Waals surface area contributed by atoms with Gasteiger partial charge in [-0.25, -0.2) is 0 Å². The number of methoxy groups -OCH3 is 1. The average molecular weight is 223 g/mol. The minimum absolute atomic E-state index is 0.483.